The number of carbonyl (C=O) groups excluding carboxylic acids is 3. The van der Waals surface area contributed by atoms with Crippen LogP contribution < -0.4 is 5.32 Å². The van der Waals surface area contributed by atoms with Gasteiger partial charge in [0.2, 0.25) is 5.91 Å². The van der Waals surface area contributed by atoms with Gasteiger partial charge in [0.25, 0.3) is 0 Å². The number of rotatable bonds is 5. The van der Waals surface area contributed by atoms with Crippen molar-refractivity contribution in [2.45, 2.75) is 50.9 Å². The summed E-state index contributed by atoms with van der Waals surface area (Å²) in [6, 6.07) is 0. The Hall–Kier alpha value is -2.15. The highest BCUT2D eigenvalue weighted by molar-refractivity contribution is 6.00. The van der Waals surface area contributed by atoms with E-state index in [2.05, 4.69) is 16.6 Å². The van der Waals surface area contributed by atoms with E-state index in [1.54, 1.807) is 26.8 Å². The largest absolute Gasteiger partial charge is 0.466 e. The van der Waals surface area contributed by atoms with Gasteiger partial charge in [0.1, 0.15) is 11.1 Å². The lowest BCUT2D eigenvalue weighted by Gasteiger charge is -2.26. The van der Waals surface area contributed by atoms with E-state index in [4.69, 9.17) is 4.74 Å². The van der Waals surface area contributed by atoms with Crippen LogP contribution in [0, 0.1) is 11.8 Å². The molecule has 4 atom stereocenters. The minimum Gasteiger partial charge on any atom is -0.466 e. The van der Waals surface area contributed by atoms with Crippen LogP contribution >= 0.6 is 0 Å². The molecule has 0 aromatic rings. The van der Waals surface area contributed by atoms with Crippen molar-refractivity contribution in [3.63, 3.8) is 0 Å². The zero-order valence-electron chi connectivity index (χ0n) is 15.0. The van der Waals surface area contributed by atoms with Crippen molar-refractivity contribution in [1.82, 2.24) is 5.32 Å². The number of amides is 1. The molecule has 0 spiro atoms. The number of nitrogens with one attached hydrogen (secondary N) is 1. The van der Waals surface area contributed by atoms with E-state index in [1.165, 1.54) is 13.2 Å². The van der Waals surface area contributed by atoms with E-state index in [-0.39, 0.29) is 17.9 Å². The number of aliphatic hydroxyl groups is 1. The van der Waals surface area contributed by atoms with Crippen molar-refractivity contribution in [3.8, 4) is 0 Å². The zero-order valence-corrected chi connectivity index (χ0v) is 15.0. The van der Waals surface area contributed by atoms with Gasteiger partial charge in [0.05, 0.1) is 19.1 Å². The maximum absolute atomic E-state index is 12.7. The number of methoxy groups -OCH3 is 1. The molecular formula is C18H25NO6. The molecule has 7 heteroatoms. The van der Waals surface area contributed by atoms with Crippen LogP contribution in [0.4, 0.5) is 0 Å². The Morgan fingerprint density at radius 3 is 2.52 bits per heavy atom. The fourth-order valence-electron chi connectivity index (χ4n) is 3.01. The Bertz CT molecular complexity index is 632. The molecule has 1 fully saturated rings. The van der Waals surface area contributed by atoms with Crippen molar-refractivity contribution >= 4 is 17.8 Å². The molecule has 3 unspecified atom stereocenters. The van der Waals surface area contributed by atoms with Gasteiger partial charge in [-0.1, -0.05) is 6.08 Å². The first kappa shape index (κ1) is 19.2. The summed E-state index contributed by atoms with van der Waals surface area (Å²) in [4.78, 5) is 37.1. The third kappa shape index (κ3) is 3.92. The molecule has 0 heterocycles. The van der Waals surface area contributed by atoms with E-state index < -0.39 is 41.0 Å². The van der Waals surface area contributed by atoms with E-state index in [0.29, 0.717) is 6.42 Å². The first-order valence-electron chi connectivity index (χ1n) is 8.20. The minimum atomic E-state index is -1.17. The summed E-state index contributed by atoms with van der Waals surface area (Å²) in [5, 5.41) is 12.5. The Kier molecular flexibility index (Phi) is 5.09. The lowest BCUT2D eigenvalue weighted by molar-refractivity contribution is -0.160. The average Bonchev–Trinajstić information content (AvgIpc) is 3.09. The molecule has 1 saturated carbocycles. The van der Waals surface area contributed by atoms with Crippen molar-refractivity contribution < 1.29 is 29.0 Å². The zero-order chi connectivity index (χ0) is 19.0. The molecule has 0 aliphatic heterocycles. The molecule has 2 N–H and O–H groups in total. The quantitative estimate of drug-likeness (QED) is 0.563. The van der Waals surface area contributed by atoms with Crippen LogP contribution in [0.15, 0.2) is 24.3 Å². The predicted molar refractivity (Wildman–Crippen MR) is 89.2 cm³/mol. The smallest absolute Gasteiger partial charge is 0.334 e. The van der Waals surface area contributed by atoms with Gasteiger partial charge in [-0.3, -0.25) is 4.79 Å². The van der Waals surface area contributed by atoms with Gasteiger partial charge in [-0.05, 0) is 39.7 Å². The maximum atomic E-state index is 12.7. The number of aliphatic hydroxyl groups excluding tert-OH is 1. The Balaban J connectivity index is 2.17. The third-order valence-electron chi connectivity index (χ3n) is 4.37. The lowest BCUT2D eigenvalue weighted by atomic mass is 9.99. The number of hydrogen-bond donors (Lipinski definition) is 2. The maximum Gasteiger partial charge on any atom is 0.334 e. The summed E-state index contributed by atoms with van der Waals surface area (Å²) < 4.78 is 10.1. The number of hydrogen-bond acceptors (Lipinski definition) is 6. The van der Waals surface area contributed by atoms with Gasteiger partial charge in [-0.2, -0.15) is 0 Å². The summed E-state index contributed by atoms with van der Waals surface area (Å²) in [5.41, 5.74) is -1.76. The molecule has 0 bridgehead atoms. The van der Waals surface area contributed by atoms with Crippen LogP contribution in [0.1, 0.15) is 33.6 Å². The topological polar surface area (TPSA) is 102 Å². The summed E-state index contributed by atoms with van der Waals surface area (Å²) in [7, 11) is 1.21. The molecule has 25 heavy (non-hydrogen) atoms. The molecule has 2 aliphatic carbocycles. The van der Waals surface area contributed by atoms with E-state index in [0.717, 1.165) is 0 Å². The van der Waals surface area contributed by atoms with E-state index in [1.807, 2.05) is 0 Å². The first-order valence-corrected chi connectivity index (χ1v) is 8.20. The van der Waals surface area contributed by atoms with Crippen LogP contribution in [0.2, 0.25) is 0 Å². The highest BCUT2D eigenvalue weighted by atomic mass is 16.6. The lowest BCUT2D eigenvalue weighted by Crippen LogP contribution is -2.50. The molecule has 1 amide bonds. The summed E-state index contributed by atoms with van der Waals surface area (Å²) in [5.74, 6) is -2.81. The molecule has 7 nitrogen and oxygen atoms in total. The predicted octanol–water partition coefficient (Wildman–Crippen LogP) is 0.869. The van der Waals surface area contributed by atoms with Crippen LogP contribution in [-0.2, 0) is 23.9 Å². The molecule has 0 aromatic carbocycles. The summed E-state index contributed by atoms with van der Waals surface area (Å²) >= 11 is 0. The number of ether oxygens (including phenoxy) is 2. The van der Waals surface area contributed by atoms with Gasteiger partial charge >= 0.3 is 11.9 Å². The van der Waals surface area contributed by atoms with Gasteiger partial charge in [-0.25, -0.2) is 9.59 Å². The van der Waals surface area contributed by atoms with Gasteiger partial charge in [0.15, 0.2) is 0 Å². The second-order valence-electron chi connectivity index (χ2n) is 7.48. The second-order valence-corrected chi connectivity index (χ2v) is 7.48. The molecule has 2 aliphatic rings. The normalized spacial score (nSPS) is 30.9. The third-order valence-corrected chi connectivity index (χ3v) is 4.37. The van der Waals surface area contributed by atoms with Crippen molar-refractivity contribution in [1.29, 1.82) is 0 Å². The van der Waals surface area contributed by atoms with E-state index in [9.17, 15) is 19.5 Å². The Morgan fingerprint density at radius 2 is 2.04 bits per heavy atom. The Morgan fingerprint density at radius 1 is 1.40 bits per heavy atom. The highest BCUT2D eigenvalue weighted by Gasteiger charge is 2.62. The van der Waals surface area contributed by atoms with Crippen molar-refractivity contribution in [3.05, 3.63) is 24.3 Å². The second kappa shape index (κ2) is 6.63. The minimum absolute atomic E-state index is 0.0689. The van der Waals surface area contributed by atoms with Gasteiger partial charge in [-0.15, -0.1) is 6.58 Å². The van der Waals surface area contributed by atoms with Crippen molar-refractivity contribution in [2.75, 3.05) is 7.11 Å². The fraction of sp³-hybridized carbons (Fsp3) is 0.611. The van der Waals surface area contributed by atoms with Crippen molar-refractivity contribution in [2.24, 2.45) is 11.8 Å². The molecule has 138 valence electrons. The summed E-state index contributed by atoms with van der Waals surface area (Å²) in [6.45, 7) is 8.93. The highest BCUT2D eigenvalue weighted by Crippen LogP contribution is 2.46. The molecular weight excluding hydrogens is 326 g/mol. The first-order chi connectivity index (χ1) is 11.5. The average molecular weight is 351 g/mol. The SMILES string of the molecule is C=C[C@@H]1CC1(NC(=O)C1CC(O)C=C1C(=O)OC)C(=O)OC(C)(C)C. The fourth-order valence-corrected chi connectivity index (χ4v) is 3.01. The molecule has 0 saturated heterocycles. The van der Waals surface area contributed by atoms with Crippen LogP contribution in [0.25, 0.3) is 0 Å². The monoisotopic (exact) mass is 351 g/mol. The number of carbonyl (C=O) groups is 3. The van der Waals surface area contributed by atoms with E-state index >= 15 is 0 Å². The molecule has 2 rings (SSSR count). The summed E-state index contributed by atoms with van der Waals surface area (Å²) in [6.07, 6.45) is 2.47. The van der Waals surface area contributed by atoms with Crippen LogP contribution in [0.3, 0.4) is 0 Å². The Labute approximate surface area is 147 Å². The standard InChI is InChI=1S/C18H25NO6/c1-6-10-9-18(10,16(23)25-17(2,3)4)19-14(21)12-7-11(20)8-13(12)15(22)24-5/h6,8,10-12,20H,1,7,9H2,2-5H3,(H,19,21)/t10-,11?,12?,18?/m1/s1. The van der Waals surface area contributed by atoms with Gasteiger partial charge < -0.3 is 19.9 Å². The van der Waals surface area contributed by atoms with Crippen LogP contribution in [0.5, 0.6) is 0 Å². The van der Waals surface area contributed by atoms with Crippen LogP contribution in [-0.4, -0.2) is 47.3 Å². The molecule has 0 radical (unpaired) electrons. The number of esters is 2. The molecule has 0 aromatic heterocycles. The van der Waals surface area contributed by atoms with Gasteiger partial charge in [0, 0.05) is 11.5 Å².